The Morgan fingerprint density at radius 2 is 2.10 bits per heavy atom. The molecule has 0 amide bonds. The van der Waals surface area contributed by atoms with Gasteiger partial charge >= 0.3 is 0 Å². The number of nitrogens with one attached hydrogen (secondary N) is 1. The van der Waals surface area contributed by atoms with Crippen LogP contribution in [-0.4, -0.2) is 26.7 Å². The van der Waals surface area contributed by atoms with Gasteiger partial charge < -0.3 is 5.32 Å². The zero-order valence-electron chi connectivity index (χ0n) is 11.1. The Morgan fingerprint density at radius 3 is 2.75 bits per heavy atom. The second kappa shape index (κ2) is 4.94. The number of hydrogen-bond donors (Lipinski definition) is 1. The lowest BCUT2D eigenvalue weighted by atomic mass is 10.2. The number of benzene rings is 1. The van der Waals surface area contributed by atoms with Gasteiger partial charge in [-0.2, -0.15) is 0 Å². The Balaban J connectivity index is 1.66. The molecule has 20 heavy (non-hydrogen) atoms. The van der Waals surface area contributed by atoms with Gasteiger partial charge in [0.05, 0.1) is 6.54 Å². The first-order valence-electron chi connectivity index (χ1n) is 6.63. The average Bonchev–Trinajstić information content (AvgIpc) is 2.89. The normalized spacial score (nSPS) is 21.6. The highest BCUT2D eigenvalue weighted by Gasteiger charge is 2.59. The van der Waals surface area contributed by atoms with E-state index in [1.807, 2.05) is 34.9 Å². The van der Waals surface area contributed by atoms with Crippen molar-refractivity contribution in [2.75, 3.05) is 0 Å². The van der Waals surface area contributed by atoms with Crippen LogP contribution in [0.15, 0.2) is 36.7 Å². The summed E-state index contributed by atoms with van der Waals surface area (Å²) in [5.74, 6) is -2.35. The van der Waals surface area contributed by atoms with Gasteiger partial charge in [0.15, 0.2) is 5.82 Å². The fourth-order valence-electron chi connectivity index (χ4n) is 2.36. The maximum atomic E-state index is 13.0. The Morgan fingerprint density at radius 1 is 1.40 bits per heavy atom. The lowest BCUT2D eigenvalue weighted by Gasteiger charge is -2.13. The van der Waals surface area contributed by atoms with Gasteiger partial charge in [-0.3, -0.25) is 4.57 Å². The molecule has 1 heterocycles. The predicted octanol–water partition coefficient (Wildman–Crippen LogP) is 2.40. The van der Waals surface area contributed by atoms with Gasteiger partial charge in [0, 0.05) is 24.1 Å². The molecule has 1 N–H and O–H groups in total. The fourth-order valence-corrected chi connectivity index (χ4v) is 2.36. The molecule has 2 atom stereocenters. The first-order valence-corrected chi connectivity index (χ1v) is 6.63. The van der Waals surface area contributed by atoms with Gasteiger partial charge in [-0.15, -0.1) is 10.2 Å². The van der Waals surface area contributed by atoms with Crippen molar-refractivity contribution in [3.8, 4) is 5.69 Å². The highest BCUT2D eigenvalue weighted by atomic mass is 19.3. The molecule has 2 unspecified atom stereocenters. The minimum Gasteiger partial charge on any atom is -0.307 e. The molecule has 6 heteroatoms. The molecule has 106 valence electrons. The van der Waals surface area contributed by atoms with E-state index in [1.165, 1.54) is 0 Å². The number of hydrogen-bond acceptors (Lipinski definition) is 3. The van der Waals surface area contributed by atoms with Crippen LogP contribution in [0.4, 0.5) is 8.78 Å². The summed E-state index contributed by atoms with van der Waals surface area (Å²) in [4.78, 5) is 0. The molecule has 0 spiro atoms. The topological polar surface area (TPSA) is 42.7 Å². The summed E-state index contributed by atoms with van der Waals surface area (Å²) in [5, 5.41) is 11.0. The van der Waals surface area contributed by atoms with Crippen LogP contribution in [0.5, 0.6) is 0 Å². The predicted molar refractivity (Wildman–Crippen MR) is 70.7 cm³/mol. The number of para-hydroxylation sites is 1. The monoisotopic (exact) mass is 278 g/mol. The Hall–Kier alpha value is -1.82. The highest BCUT2D eigenvalue weighted by Crippen LogP contribution is 2.50. The number of alkyl halides is 2. The molecule has 0 bridgehead atoms. The van der Waals surface area contributed by atoms with Crippen LogP contribution in [-0.2, 0) is 6.54 Å². The molecular formula is C14H16F2N4. The fraction of sp³-hybridized carbons (Fsp3) is 0.429. The van der Waals surface area contributed by atoms with Gasteiger partial charge in [0.1, 0.15) is 6.33 Å². The van der Waals surface area contributed by atoms with Crippen molar-refractivity contribution in [2.24, 2.45) is 5.92 Å². The van der Waals surface area contributed by atoms with Crippen molar-refractivity contribution < 1.29 is 8.78 Å². The summed E-state index contributed by atoms with van der Waals surface area (Å²) < 4.78 is 27.8. The first-order chi connectivity index (χ1) is 9.58. The van der Waals surface area contributed by atoms with E-state index in [0.29, 0.717) is 12.4 Å². The zero-order chi connectivity index (χ0) is 14.2. The molecule has 4 nitrogen and oxygen atoms in total. The van der Waals surface area contributed by atoms with Crippen molar-refractivity contribution >= 4 is 0 Å². The largest absolute Gasteiger partial charge is 0.307 e. The van der Waals surface area contributed by atoms with Crippen LogP contribution in [0.2, 0.25) is 0 Å². The third-order valence-electron chi connectivity index (χ3n) is 3.71. The highest BCUT2D eigenvalue weighted by molar-refractivity contribution is 5.31. The first kappa shape index (κ1) is 13.2. The van der Waals surface area contributed by atoms with E-state index in [0.717, 1.165) is 5.69 Å². The lowest BCUT2D eigenvalue weighted by molar-refractivity contribution is 0.0910. The summed E-state index contributed by atoms with van der Waals surface area (Å²) in [6, 6.07) is 9.46. The Bertz CT molecular complexity index is 582. The zero-order valence-corrected chi connectivity index (χ0v) is 11.1. The molecule has 1 aliphatic carbocycles. The molecule has 2 aromatic rings. The van der Waals surface area contributed by atoms with Gasteiger partial charge in [-0.05, 0) is 19.1 Å². The smallest absolute Gasteiger partial charge is 0.253 e. The van der Waals surface area contributed by atoms with Gasteiger partial charge in [-0.25, -0.2) is 8.78 Å². The van der Waals surface area contributed by atoms with Crippen LogP contribution in [0.25, 0.3) is 5.69 Å². The molecule has 1 aromatic carbocycles. The molecule has 0 radical (unpaired) electrons. The van der Waals surface area contributed by atoms with Crippen LogP contribution in [0.3, 0.4) is 0 Å². The van der Waals surface area contributed by atoms with Gasteiger partial charge in [0.2, 0.25) is 0 Å². The van der Waals surface area contributed by atoms with E-state index in [4.69, 9.17) is 0 Å². The van der Waals surface area contributed by atoms with Crippen molar-refractivity contribution in [2.45, 2.75) is 31.9 Å². The van der Waals surface area contributed by atoms with Crippen molar-refractivity contribution in [1.82, 2.24) is 20.1 Å². The summed E-state index contributed by atoms with van der Waals surface area (Å²) in [5.41, 5.74) is 0.957. The van der Waals surface area contributed by atoms with E-state index in [2.05, 4.69) is 15.5 Å². The third-order valence-corrected chi connectivity index (χ3v) is 3.71. The summed E-state index contributed by atoms with van der Waals surface area (Å²) >= 11 is 0. The van der Waals surface area contributed by atoms with Crippen molar-refractivity contribution in [1.29, 1.82) is 0 Å². The SMILES string of the molecule is CC(NCc1nncn1-c1ccccc1)C1CC1(F)F. The third kappa shape index (κ3) is 2.56. The van der Waals surface area contributed by atoms with Crippen LogP contribution in [0, 0.1) is 5.92 Å². The molecule has 1 saturated carbocycles. The maximum absolute atomic E-state index is 13.0. The standard InChI is InChI=1S/C14H16F2N4/c1-10(12-7-14(12,15)16)17-8-13-19-18-9-20(13)11-5-3-2-4-6-11/h2-6,9-10,12,17H,7-8H2,1H3. The Kier molecular flexibility index (Phi) is 3.25. The van der Waals surface area contributed by atoms with E-state index in [-0.39, 0.29) is 12.5 Å². The van der Waals surface area contributed by atoms with Gasteiger partial charge in [-0.1, -0.05) is 18.2 Å². The minimum absolute atomic E-state index is 0.0213. The number of aromatic nitrogens is 3. The van der Waals surface area contributed by atoms with Crippen LogP contribution >= 0.6 is 0 Å². The van der Waals surface area contributed by atoms with Crippen LogP contribution in [0.1, 0.15) is 19.2 Å². The second-order valence-electron chi connectivity index (χ2n) is 5.19. The van der Waals surface area contributed by atoms with Crippen LogP contribution < -0.4 is 5.32 Å². The molecule has 1 aliphatic rings. The van der Waals surface area contributed by atoms with E-state index in [1.54, 1.807) is 13.3 Å². The molecular weight excluding hydrogens is 262 g/mol. The number of halogens is 2. The Labute approximate surface area is 115 Å². The van der Waals surface area contributed by atoms with Crippen molar-refractivity contribution in [3.63, 3.8) is 0 Å². The minimum atomic E-state index is -2.50. The maximum Gasteiger partial charge on any atom is 0.253 e. The van der Waals surface area contributed by atoms with E-state index >= 15 is 0 Å². The summed E-state index contributed by atoms with van der Waals surface area (Å²) in [6.45, 7) is 2.21. The molecule has 0 aliphatic heterocycles. The van der Waals surface area contributed by atoms with Gasteiger partial charge in [0.25, 0.3) is 5.92 Å². The molecule has 1 aromatic heterocycles. The number of rotatable bonds is 5. The number of nitrogens with zero attached hydrogens (tertiary/aromatic N) is 3. The average molecular weight is 278 g/mol. The molecule has 3 rings (SSSR count). The molecule has 1 fully saturated rings. The molecule has 0 saturated heterocycles. The van der Waals surface area contributed by atoms with E-state index < -0.39 is 11.8 Å². The summed E-state index contributed by atoms with van der Waals surface area (Å²) in [6.07, 6.45) is 1.61. The lowest BCUT2D eigenvalue weighted by Crippen LogP contribution is -2.30. The quantitative estimate of drug-likeness (QED) is 0.913. The van der Waals surface area contributed by atoms with Crippen molar-refractivity contribution in [3.05, 3.63) is 42.5 Å². The van der Waals surface area contributed by atoms with E-state index in [9.17, 15) is 8.78 Å². The summed E-state index contributed by atoms with van der Waals surface area (Å²) in [7, 11) is 0. The second-order valence-corrected chi connectivity index (χ2v) is 5.19.